The summed E-state index contributed by atoms with van der Waals surface area (Å²) in [6, 6.07) is 8.60. The highest BCUT2D eigenvalue weighted by Crippen LogP contribution is 2.27. The van der Waals surface area contributed by atoms with Crippen LogP contribution >= 0.6 is 11.6 Å². The molecule has 3 aliphatic rings. The number of aliphatic hydroxyl groups is 2. The monoisotopic (exact) mass is 726 g/mol. The Morgan fingerprint density at radius 1 is 1.04 bits per heavy atom. The van der Waals surface area contributed by atoms with Gasteiger partial charge in [0, 0.05) is 63.8 Å². The lowest BCUT2D eigenvalue weighted by Gasteiger charge is -2.42. The maximum Gasteiger partial charge on any atom is 0.274 e. The maximum absolute atomic E-state index is 13.7. The Balaban J connectivity index is 1.28. The van der Waals surface area contributed by atoms with E-state index in [2.05, 4.69) is 37.4 Å². The normalized spacial score (nSPS) is 24.6. The molecule has 51 heavy (non-hydrogen) atoms. The van der Waals surface area contributed by atoms with E-state index in [-0.39, 0.29) is 60.0 Å². The zero-order chi connectivity index (χ0) is 36.9. The first-order chi connectivity index (χ1) is 24.2. The Morgan fingerprint density at radius 2 is 1.75 bits per heavy atom. The van der Waals surface area contributed by atoms with Crippen molar-refractivity contribution in [2.75, 3.05) is 64.3 Å². The molecule has 14 heteroatoms. The molecular weight excluding hydrogens is 672 g/mol. The molecule has 13 nitrogen and oxygen atoms in total. The first-order valence-corrected chi connectivity index (χ1v) is 18.6. The van der Waals surface area contributed by atoms with Crippen molar-refractivity contribution in [2.24, 2.45) is 11.8 Å². The van der Waals surface area contributed by atoms with Gasteiger partial charge in [-0.05, 0) is 65.0 Å². The average Bonchev–Trinajstić information content (AvgIpc) is 3.40. The predicted molar refractivity (Wildman–Crippen MR) is 197 cm³/mol. The number of nitrogens with one attached hydrogen (secondary N) is 2. The number of benzene rings is 1. The molecule has 3 amide bonds. The summed E-state index contributed by atoms with van der Waals surface area (Å²) in [5.41, 5.74) is 0.559. The van der Waals surface area contributed by atoms with Gasteiger partial charge in [-0.3, -0.25) is 19.3 Å². The summed E-state index contributed by atoms with van der Waals surface area (Å²) in [6.07, 6.45) is 2.00. The molecule has 2 aliphatic heterocycles. The van der Waals surface area contributed by atoms with Gasteiger partial charge in [0.1, 0.15) is 11.7 Å². The van der Waals surface area contributed by atoms with E-state index in [9.17, 15) is 24.6 Å². The van der Waals surface area contributed by atoms with Crippen LogP contribution in [0.4, 0.5) is 5.82 Å². The van der Waals surface area contributed by atoms with Gasteiger partial charge in [0.2, 0.25) is 11.8 Å². The van der Waals surface area contributed by atoms with Crippen LogP contribution in [-0.4, -0.2) is 142 Å². The van der Waals surface area contributed by atoms with Crippen molar-refractivity contribution in [3.8, 4) is 0 Å². The Bertz CT molecular complexity index is 1490. The smallest absolute Gasteiger partial charge is 0.274 e. The summed E-state index contributed by atoms with van der Waals surface area (Å²) in [5, 5.41) is 28.3. The quantitative estimate of drug-likeness (QED) is 0.270. The van der Waals surface area contributed by atoms with E-state index in [4.69, 9.17) is 11.6 Å². The van der Waals surface area contributed by atoms with Crippen LogP contribution in [0.2, 0.25) is 5.15 Å². The molecule has 1 saturated carbocycles. The number of β-amino-alcohol motifs (C(OH)–C–C–N with tert-alkyl or cyclic N) is 1. The average molecular weight is 727 g/mol. The zero-order valence-electron chi connectivity index (χ0n) is 30.6. The summed E-state index contributed by atoms with van der Waals surface area (Å²) in [6.45, 7) is 11.8. The Labute approximate surface area is 306 Å². The van der Waals surface area contributed by atoms with Crippen LogP contribution in [0.1, 0.15) is 63.0 Å². The number of nitrogens with zero attached hydrogens (tertiary/aromatic N) is 6. The number of anilines is 1. The van der Waals surface area contributed by atoms with Crippen LogP contribution in [-0.2, 0) is 16.0 Å². The molecule has 0 bridgehead atoms. The van der Waals surface area contributed by atoms with Gasteiger partial charge in [-0.25, -0.2) is 9.97 Å². The summed E-state index contributed by atoms with van der Waals surface area (Å²) in [7, 11) is 2.06. The minimum atomic E-state index is -0.936. The first-order valence-electron chi connectivity index (χ1n) is 18.2. The van der Waals surface area contributed by atoms with Gasteiger partial charge < -0.3 is 35.5 Å². The number of likely N-dealkylation sites (N-methyl/N-ethyl adjacent to an activating group) is 1. The van der Waals surface area contributed by atoms with Gasteiger partial charge >= 0.3 is 0 Å². The van der Waals surface area contributed by atoms with Crippen molar-refractivity contribution in [3.63, 3.8) is 0 Å². The van der Waals surface area contributed by atoms with E-state index in [1.807, 2.05) is 62.9 Å². The molecule has 1 aliphatic carbocycles. The van der Waals surface area contributed by atoms with E-state index in [1.165, 1.54) is 6.20 Å². The fraction of sp³-hybridized carbons (Fsp3) is 0.649. The van der Waals surface area contributed by atoms with Gasteiger partial charge in [0.05, 0.1) is 24.4 Å². The fourth-order valence-electron chi connectivity index (χ4n) is 7.33. The van der Waals surface area contributed by atoms with E-state index in [0.717, 1.165) is 38.2 Å². The number of aliphatic hydroxyl groups excluding tert-OH is 2. The van der Waals surface area contributed by atoms with Crippen molar-refractivity contribution in [3.05, 3.63) is 52.9 Å². The summed E-state index contributed by atoms with van der Waals surface area (Å²) >= 11 is 6.55. The fourth-order valence-corrected chi connectivity index (χ4v) is 7.59. The number of hydrogen-bond donors (Lipinski definition) is 4. The molecule has 6 atom stereocenters. The van der Waals surface area contributed by atoms with Crippen LogP contribution in [0.3, 0.4) is 0 Å². The van der Waals surface area contributed by atoms with Gasteiger partial charge in [-0.15, -0.1) is 0 Å². The lowest BCUT2D eigenvalue weighted by Crippen LogP contribution is -2.63. The topological polar surface area (TPSA) is 154 Å². The maximum atomic E-state index is 13.7. The van der Waals surface area contributed by atoms with E-state index in [0.29, 0.717) is 31.7 Å². The lowest BCUT2D eigenvalue weighted by molar-refractivity contribution is -0.131. The third-order valence-corrected chi connectivity index (χ3v) is 10.5. The molecule has 3 heterocycles. The van der Waals surface area contributed by atoms with Crippen LogP contribution < -0.4 is 15.5 Å². The summed E-state index contributed by atoms with van der Waals surface area (Å²) < 4.78 is 0. The molecule has 4 N–H and O–H groups in total. The number of hydrogen-bond acceptors (Lipinski definition) is 10. The Hall–Kier alpha value is -3.36. The largest absolute Gasteiger partial charge is 0.392 e. The molecule has 3 fully saturated rings. The molecule has 280 valence electrons. The molecule has 2 saturated heterocycles. The van der Waals surface area contributed by atoms with Gasteiger partial charge in [-0.1, -0.05) is 48.9 Å². The van der Waals surface area contributed by atoms with Crippen molar-refractivity contribution >= 4 is 35.1 Å². The van der Waals surface area contributed by atoms with Crippen LogP contribution in [0.5, 0.6) is 0 Å². The highest BCUT2D eigenvalue weighted by atomic mass is 35.5. The molecule has 5 rings (SSSR count). The SMILES string of the molecule is C[C@@H]1CC[C@H](O)[C@H]1NC(=O)[C@@H](Cc1ccccc1)C[C@@H](O)CN1CCN(C(=O)c2cnc(N3CCN(C)CC3)c(Cl)n2)C[C@@H]1C(=O)NC(C)(C)C. The highest BCUT2D eigenvalue weighted by molar-refractivity contribution is 6.31. The van der Waals surface area contributed by atoms with Crippen molar-refractivity contribution in [1.82, 2.24) is 35.3 Å². The number of carbonyl (C=O) groups is 3. The summed E-state index contributed by atoms with van der Waals surface area (Å²) in [5.74, 6) is -0.675. The number of rotatable bonds is 11. The van der Waals surface area contributed by atoms with Crippen LogP contribution in [0.25, 0.3) is 0 Å². The number of aromatic nitrogens is 2. The second kappa shape index (κ2) is 17.0. The third kappa shape index (κ3) is 10.4. The van der Waals surface area contributed by atoms with Crippen LogP contribution in [0, 0.1) is 11.8 Å². The summed E-state index contributed by atoms with van der Waals surface area (Å²) in [4.78, 5) is 57.8. The van der Waals surface area contributed by atoms with Crippen molar-refractivity contribution in [1.29, 1.82) is 0 Å². The molecule has 0 spiro atoms. The van der Waals surface area contributed by atoms with E-state index < -0.39 is 29.7 Å². The molecule has 0 unspecified atom stereocenters. The van der Waals surface area contributed by atoms with Gasteiger partial charge in [0.15, 0.2) is 11.0 Å². The second-order valence-corrected chi connectivity index (χ2v) is 16.0. The van der Waals surface area contributed by atoms with E-state index >= 15 is 0 Å². The van der Waals surface area contributed by atoms with Crippen LogP contribution in [0.15, 0.2) is 36.5 Å². The van der Waals surface area contributed by atoms with Crippen molar-refractivity contribution in [2.45, 2.75) is 83.2 Å². The molecule has 2 aromatic rings. The Morgan fingerprint density at radius 3 is 2.37 bits per heavy atom. The second-order valence-electron chi connectivity index (χ2n) is 15.6. The molecule has 1 aromatic heterocycles. The predicted octanol–water partition coefficient (Wildman–Crippen LogP) is 1.81. The first kappa shape index (κ1) is 38.9. The number of halogens is 1. The zero-order valence-corrected chi connectivity index (χ0v) is 31.3. The minimum absolute atomic E-state index is 0.0817. The number of amides is 3. The van der Waals surface area contributed by atoms with E-state index in [1.54, 1.807) is 4.90 Å². The van der Waals surface area contributed by atoms with Crippen molar-refractivity contribution < 1.29 is 24.6 Å². The molecule has 0 radical (unpaired) electrons. The number of carbonyl (C=O) groups excluding carboxylic acids is 3. The number of piperazine rings is 2. The van der Waals surface area contributed by atoms with Gasteiger partial charge in [0.25, 0.3) is 5.91 Å². The molecule has 1 aromatic carbocycles. The highest BCUT2D eigenvalue weighted by Gasteiger charge is 2.39. The minimum Gasteiger partial charge on any atom is -0.392 e. The van der Waals surface area contributed by atoms with Gasteiger partial charge in [-0.2, -0.15) is 0 Å². The lowest BCUT2D eigenvalue weighted by atomic mass is 9.91. The third-order valence-electron chi connectivity index (χ3n) is 10.3. The standard InChI is InChI=1S/C37H55ClN8O5/c1-24-11-12-30(48)31(24)41-34(49)26(19-25-9-7-6-8-10-25)20-27(47)22-45-17-18-46(23-29(45)35(50)42-37(2,3)4)36(51)28-21-39-33(32(38)40-28)44-15-13-43(5)14-16-44/h6-10,21,24,26-27,29-31,47-48H,11-20,22-23H2,1-5H3,(H,41,49)(H,42,50)/t24-,26+,27-,29-,30+,31+/m1/s1. The molecular formula is C37H55ClN8O5. The Kier molecular flexibility index (Phi) is 12.9.